The molecular formula is C22H30N4O2. The quantitative estimate of drug-likeness (QED) is 0.484. The van der Waals surface area contributed by atoms with Crippen molar-refractivity contribution in [2.24, 2.45) is 4.99 Å². The molecule has 0 saturated carbocycles. The second-order valence-corrected chi connectivity index (χ2v) is 6.61. The molecule has 0 fully saturated rings. The molecule has 0 aromatic heterocycles. The van der Waals surface area contributed by atoms with Crippen LogP contribution < -0.4 is 20.7 Å². The number of nitrogens with zero attached hydrogens (tertiary/aromatic N) is 1. The molecule has 0 aliphatic carbocycles. The van der Waals surface area contributed by atoms with Gasteiger partial charge in [0.1, 0.15) is 5.75 Å². The summed E-state index contributed by atoms with van der Waals surface area (Å²) in [5.41, 5.74) is 2.85. The Hall–Kier alpha value is -3.02. The summed E-state index contributed by atoms with van der Waals surface area (Å²) in [6.07, 6.45) is 0.912. The van der Waals surface area contributed by atoms with Crippen LogP contribution in [0.15, 0.2) is 53.5 Å². The van der Waals surface area contributed by atoms with E-state index in [9.17, 15) is 4.79 Å². The zero-order valence-corrected chi connectivity index (χ0v) is 17.1. The molecule has 150 valence electrons. The highest BCUT2D eigenvalue weighted by atomic mass is 16.5. The summed E-state index contributed by atoms with van der Waals surface area (Å²) in [5, 5.41) is 9.54. The molecule has 1 atom stereocenters. The van der Waals surface area contributed by atoms with Gasteiger partial charge in [0.05, 0.1) is 7.11 Å². The number of benzene rings is 2. The number of methoxy groups -OCH3 is 1. The first-order chi connectivity index (χ1) is 13.5. The third-order valence-corrected chi connectivity index (χ3v) is 4.48. The van der Waals surface area contributed by atoms with E-state index in [1.807, 2.05) is 55.5 Å². The molecule has 2 aromatic carbocycles. The fraction of sp³-hybridized carbons (Fsp3) is 0.364. The first kappa shape index (κ1) is 21.3. The van der Waals surface area contributed by atoms with E-state index in [1.165, 1.54) is 0 Å². The zero-order chi connectivity index (χ0) is 20.4. The predicted molar refractivity (Wildman–Crippen MR) is 114 cm³/mol. The number of nitrogens with one attached hydrogen (secondary N) is 3. The van der Waals surface area contributed by atoms with Crippen molar-refractivity contribution < 1.29 is 9.53 Å². The Morgan fingerprint density at radius 1 is 1.07 bits per heavy atom. The molecule has 0 bridgehead atoms. The highest BCUT2D eigenvalue weighted by Crippen LogP contribution is 2.12. The molecule has 0 radical (unpaired) electrons. The van der Waals surface area contributed by atoms with E-state index in [2.05, 4.69) is 27.9 Å². The van der Waals surface area contributed by atoms with Gasteiger partial charge in [-0.3, -0.25) is 9.79 Å². The highest BCUT2D eigenvalue weighted by molar-refractivity contribution is 5.94. The monoisotopic (exact) mass is 382 g/mol. The van der Waals surface area contributed by atoms with E-state index in [0.717, 1.165) is 23.3 Å². The lowest BCUT2D eigenvalue weighted by Crippen LogP contribution is -2.36. The summed E-state index contributed by atoms with van der Waals surface area (Å²) in [6.45, 7) is 5.31. The molecule has 0 aliphatic heterocycles. The lowest BCUT2D eigenvalue weighted by molar-refractivity contribution is 0.0939. The predicted octanol–water partition coefficient (Wildman–Crippen LogP) is 3.09. The molecule has 0 aliphatic rings. The number of hydrogen-bond donors (Lipinski definition) is 3. The SMILES string of the molecule is CCC(C)NC(=O)c1ccc(CNC(=NC)NCc2cccc(OC)c2)cc1. The zero-order valence-electron chi connectivity index (χ0n) is 17.1. The third kappa shape index (κ3) is 6.61. The van der Waals surface area contributed by atoms with Crippen molar-refractivity contribution in [2.45, 2.75) is 39.4 Å². The van der Waals surface area contributed by atoms with Gasteiger partial charge in [-0.05, 0) is 48.7 Å². The number of hydrogen-bond acceptors (Lipinski definition) is 3. The van der Waals surface area contributed by atoms with Gasteiger partial charge in [0, 0.05) is 31.7 Å². The summed E-state index contributed by atoms with van der Waals surface area (Å²) in [5.74, 6) is 1.51. The summed E-state index contributed by atoms with van der Waals surface area (Å²) >= 11 is 0. The van der Waals surface area contributed by atoms with Gasteiger partial charge >= 0.3 is 0 Å². The summed E-state index contributed by atoms with van der Waals surface area (Å²) < 4.78 is 5.25. The maximum atomic E-state index is 12.1. The lowest BCUT2D eigenvalue weighted by Gasteiger charge is -2.13. The lowest BCUT2D eigenvalue weighted by atomic mass is 10.1. The van der Waals surface area contributed by atoms with Gasteiger partial charge in [0.2, 0.25) is 0 Å². The molecule has 1 unspecified atom stereocenters. The van der Waals surface area contributed by atoms with Crippen LogP contribution in [0.5, 0.6) is 5.75 Å². The normalized spacial score (nSPS) is 12.2. The van der Waals surface area contributed by atoms with Crippen molar-refractivity contribution in [1.29, 1.82) is 0 Å². The summed E-state index contributed by atoms with van der Waals surface area (Å²) in [6, 6.07) is 15.7. The number of carbonyl (C=O) groups is 1. The van der Waals surface area contributed by atoms with E-state index in [0.29, 0.717) is 24.6 Å². The first-order valence-electron chi connectivity index (χ1n) is 9.53. The number of guanidine groups is 1. The topological polar surface area (TPSA) is 74.8 Å². The average molecular weight is 383 g/mol. The van der Waals surface area contributed by atoms with E-state index < -0.39 is 0 Å². The van der Waals surface area contributed by atoms with Crippen LogP contribution in [-0.4, -0.2) is 32.1 Å². The molecule has 0 heterocycles. The fourth-order valence-electron chi connectivity index (χ4n) is 2.56. The van der Waals surface area contributed by atoms with Crippen LogP contribution in [0.2, 0.25) is 0 Å². The standard InChI is InChI=1S/C22H30N4O2/c1-5-16(2)26-21(27)19-11-9-17(10-12-19)14-24-22(23-3)25-15-18-7-6-8-20(13-18)28-4/h6-13,16H,5,14-15H2,1-4H3,(H,26,27)(H2,23,24,25). The molecule has 1 amide bonds. The number of ether oxygens (including phenoxy) is 1. The minimum absolute atomic E-state index is 0.0374. The van der Waals surface area contributed by atoms with Gasteiger partial charge in [-0.15, -0.1) is 0 Å². The molecule has 3 N–H and O–H groups in total. The van der Waals surface area contributed by atoms with Gasteiger partial charge in [-0.2, -0.15) is 0 Å². The van der Waals surface area contributed by atoms with Crippen LogP contribution in [0.4, 0.5) is 0 Å². The summed E-state index contributed by atoms with van der Waals surface area (Å²) in [7, 11) is 3.40. The van der Waals surface area contributed by atoms with Gasteiger partial charge < -0.3 is 20.7 Å². The van der Waals surface area contributed by atoms with E-state index in [1.54, 1.807) is 14.2 Å². The van der Waals surface area contributed by atoms with Crippen molar-refractivity contribution in [3.8, 4) is 5.75 Å². The third-order valence-electron chi connectivity index (χ3n) is 4.48. The van der Waals surface area contributed by atoms with Crippen molar-refractivity contribution in [3.05, 3.63) is 65.2 Å². The molecule has 2 aromatic rings. The molecule has 28 heavy (non-hydrogen) atoms. The second kappa shape index (κ2) is 11.0. The van der Waals surface area contributed by atoms with Crippen LogP contribution in [0.25, 0.3) is 0 Å². The van der Waals surface area contributed by atoms with Crippen LogP contribution in [0.3, 0.4) is 0 Å². The highest BCUT2D eigenvalue weighted by Gasteiger charge is 2.08. The van der Waals surface area contributed by atoms with Crippen molar-refractivity contribution in [2.75, 3.05) is 14.2 Å². The van der Waals surface area contributed by atoms with E-state index in [-0.39, 0.29) is 11.9 Å². The van der Waals surface area contributed by atoms with Crippen LogP contribution in [-0.2, 0) is 13.1 Å². The molecule has 0 saturated heterocycles. The van der Waals surface area contributed by atoms with Gasteiger partial charge in [0.15, 0.2) is 5.96 Å². The Labute approximate surface area is 167 Å². The van der Waals surface area contributed by atoms with Crippen molar-refractivity contribution >= 4 is 11.9 Å². The van der Waals surface area contributed by atoms with Crippen LogP contribution in [0, 0.1) is 0 Å². The van der Waals surface area contributed by atoms with Gasteiger partial charge in [0.25, 0.3) is 5.91 Å². The Balaban J connectivity index is 1.85. The van der Waals surface area contributed by atoms with Crippen LogP contribution in [0.1, 0.15) is 41.8 Å². The van der Waals surface area contributed by atoms with E-state index >= 15 is 0 Å². The Morgan fingerprint density at radius 3 is 2.36 bits per heavy atom. The molecule has 6 heteroatoms. The first-order valence-corrected chi connectivity index (χ1v) is 9.53. The molecule has 0 spiro atoms. The Bertz CT molecular complexity index is 787. The second-order valence-electron chi connectivity index (χ2n) is 6.61. The summed E-state index contributed by atoms with van der Waals surface area (Å²) in [4.78, 5) is 16.4. The molecule has 6 nitrogen and oxygen atoms in total. The minimum Gasteiger partial charge on any atom is -0.497 e. The van der Waals surface area contributed by atoms with Crippen LogP contribution >= 0.6 is 0 Å². The Kier molecular flexibility index (Phi) is 8.34. The van der Waals surface area contributed by atoms with E-state index in [4.69, 9.17) is 4.74 Å². The van der Waals surface area contributed by atoms with Crippen molar-refractivity contribution in [1.82, 2.24) is 16.0 Å². The molecule has 2 rings (SSSR count). The smallest absolute Gasteiger partial charge is 0.251 e. The Morgan fingerprint density at radius 2 is 1.75 bits per heavy atom. The number of rotatable bonds is 8. The van der Waals surface area contributed by atoms with Gasteiger partial charge in [-0.25, -0.2) is 0 Å². The van der Waals surface area contributed by atoms with Crippen molar-refractivity contribution in [3.63, 3.8) is 0 Å². The number of carbonyl (C=O) groups excluding carboxylic acids is 1. The maximum absolute atomic E-state index is 12.1. The minimum atomic E-state index is -0.0374. The average Bonchev–Trinajstić information content (AvgIpc) is 2.74. The molecular weight excluding hydrogens is 352 g/mol. The number of aliphatic imine (C=N–C) groups is 1. The van der Waals surface area contributed by atoms with Gasteiger partial charge in [-0.1, -0.05) is 31.2 Å². The largest absolute Gasteiger partial charge is 0.497 e. The maximum Gasteiger partial charge on any atom is 0.251 e. The fourth-order valence-corrected chi connectivity index (χ4v) is 2.56. The number of amides is 1.